The van der Waals surface area contributed by atoms with Crippen molar-refractivity contribution >= 4 is 0 Å². The van der Waals surface area contributed by atoms with Crippen LogP contribution in [0, 0.1) is 0 Å². The molecule has 3 rings (SSSR count). The highest BCUT2D eigenvalue weighted by molar-refractivity contribution is 4.99. The summed E-state index contributed by atoms with van der Waals surface area (Å²) in [5.74, 6) is 1.02. The van der Waals surface area contributed by atoms with Gasteiger partial charge in [-0.2, -0.15) is 0 Å². The van der Waals surface area contributed by atoms with E-state index in [-0.39, 0.29) is 5.60 Å². The Morgan fingerprint density at radius 2 is 2.24 bits per heavy atom. The van der Waals surface area contributed by atoms with Crippen molar-refractivity contribution in [1.29, 1.82) is 0 Å². The van der Waals surface area contributed by atoms with Gasteiger partial charge in [-0.25, -0.2) is 0 Å². The summed E-state index contributed by atoms with van der Waals surface area (Å²) in [5.41, 5.74) is 0.207. The molecule has 1 spiro atoms. The highest BCUT2D eigenvalue weighted by Gasteiger charge is 2.39. The molecule has 1 aliphatic carbocycles. The van der Waals surface area contributed by atoms with Gasteiger partial charge >= 0.3 is 0 Å². The van der Waals surface area contributed by atoms with E-state index in [1.54, 1.807) is 6.26 Å². The minimum absolute atomic E-state index is 0.207. The maximum Gasteiger partial charge on any atom is 0.117 e. The number of ether oxygens (including phenoxy) is 1. The molecule has 1 saturated carbocycles. The van der Waals surface area contributed by atoms with Crippen molar-refractivity contribution in [3.63, 3.8) is 0 Å². The van der Waals surface area contributed by atoms with Crippen LogP contribution in [-0.4, -0.2) is 18.2 Å². The standard InChI is InChI=1S/C14H21NO2/c1-2-7-14(6-1)10-12(5-9-17-14)15-11-13-4-3-8-16-13/h3-4,8,12,15H,1-2,5-7,9-11H2. The molecule has 1 saturated heterocycles. The van der Waals surface area contributed by atoms with Crippen LogP contribution in [0.25, 0.3) is 0 Å². The maximum absolute atomic E-state index is 6.03. The van der Waals surface area contributed by atoms with Crippen molar-refractivity contribution < 1.29 is 9.15 Å². The Morgan fingerprint density at radius 1 is 1.35 bits per heavy atom. The first kappa shape index (κ1) is 11.3. The molecular formula is C14H21NO2. The van der Waals surface area contributed by atoms with Gasteiger partial charge in [0, 0.05) is 12.6 Å². The molecule has 1 N–H and O–H groups in total. The van der Waals surface area contributed by atoms with E-state index in [1.807, 2.05) is 12.1 Å². The molecular weight excluding hydrogens is 214 g/mol. The zero-order chi connectivity index (χ0) is 11.6. The smallest absolute Gasteiger partial charge is 0.117 e. The van der Waals surface area contributed by atoms with Gasteiger partial charge < -0.3 is 14.5 Å². The average Bonchev–Trinajstić information content (AvgIpc) is 2.99. The summed E-state index contributed by atoms with van der Waals surface area (Å²) in [6.45, 7) is 1.75. The third-order valence-electron chi connectivity index (χ3n) is 4.15. The average molecular weight is 235 g/mol. The van der Waals surface area contributed by atoms with Gasteiger partial charge in [0.25, 0.3) is 0 Å². The van der Waals surface area contributed by atoms with E-state index < -0.39 is 0 Å². The number of nitrogens with one attached hydrogen (secondary N) is 1. The number of furan rings is 1. The number of hydrogen-bond acceptors (Lipinski definition) is 3. The minimum Gasteiger partial charge on any atom is -0.468 e. The van der Waals surface area contributed by atoms with Crippen molar-refractivity contribution in [3.8, 4) is 0 Å². The van der Waals surface area contributed by atoms with Crippen LogP contribution in [0.4, 0.5) is 0 Å². The highest BCUT2D eigenvalue weighted by atomic mass is 16.5. The predicted octanol–water partition coefficient (Wildman–Crippen LogP) is 2.86. The molecule has 17 heavy (non-hydrogen) atoms. The zero-order valence-electron chi connectivity index (χ0n) is 10.3. The highest BCUT2D eigenvalue weighted by Crippen LogP contribution is 2.39. The van der Waals surface area contributed by atoms with E-state index in [2.05, 4.69) is 5.32 Å². The number of rotatable bonds is 3. The largest absolute Gasteiger partial charge is 0.468 e. The van der Waals surface area contributed by atoms with E-state index in [0.717, 1.165) is 25.3 Å². The molecule has 1 aromatic rings. The summed E-state index contributed by atoms with van der Waals surface area (Å²) < 4.78 is 11.4. The van der Waals surface area contributed by atoms with Crippen LogP contribution in [0.15, 0.2) is 22.8 Å². The van der Waals surface area contributed by atoms with Crippen molar-refractivity contribution in [2.24, 2.45) is 0 Å². The lowest BCUT2D eigenvalue weighted by atomic mass is 9.89. The molecule has 0 radical (unpaired) electrons. The fourth-order valence-corrected chi connectivity index (χ4v) is 3.23. The Bertz CT molecular complexity index is 341. The molecule has 2 fully saturated rings. The first-order valence-electron chi connectivity index (χ1n) is 6.76. The van der Waals surface area contributed by atoms with Crippen molar-refractivity contribution in [2.45, 2.75) is 56.7 Å². The predicted molar refractivity (Wildman–Crippen MR) is 65.7 cm³/mol. The second kappa shape index (κ2) is 4.83. The molecule has 1 atom stereocenters. The van der Waals surface area contributed by atoms with Gasteiger partial charge in [-0.3, -0.25) is 0 Å². The van der Waals surface area contributed by atoms with Crippen LogP contribution >= 0.6 is 0 Å². The van der Waals surface area contributed by atoms with Crippen LogP contribution in [0.2, 0.25) is 0 Å². The second-order valence-electron chi connectivity index (χ2n) is 5.39. The lowest BCUT2D eigenvalue weighted by Gasteiger charge is -2.38. The quantitative estimate of drug-likeness (QED) is 0.874. The van der Waals surface area contributed by atoms with Crippen molar-refractivity contribution in [2.75, 3.05) is 6.61 Å². The molecule has 0 aromatic carbocycles. The van der Waals surface area contributed by atoms with E-state index in [0.29, 0.717) is 6.04 Å². The topological polar surface area (TPSA) is 34.4 Å². The summed E-state index contributed by atoms with van der Waals surface area (Å²) >= 11 is 0. The van der Waals surface area contributed by atoms with E-state index in [9.17, 15) is 0 Å². The SMILES string of the molecule is c1coc(CNC2CCOC3(CCCC3)C2)c1. The molecule has 1 aromatic heterocycles. The first-order chi connectivity index (χ1) is 8.36. The normalized spacial score (nSPS) is 27.6. The zero-order valence-corrected chi connectivity index (χ0v) is 10.3. The Kier molecular flexibility index (Phi) is 3.21. The Hall–Kier alpha value is -0.800. The minimum atomic E-state index is 0.207. The molecule has 1 aliphatic heterocycles. The van der Waals surface area contributed by atoms with Crippen molar-refractivity contribution in [3.05, 3.63) is 24.2 Å². The fraction of sp³-hybridized carbons (Fsp3) is 0.714. The van der Waals surface area contributed by atoms with Gasteiger partial charge in [-0.1, -0.05) is 12.8 Å². The maximum atomic E-state index is 6.03. The van der Waals surface area contributed by atoms with E-state index >= 15 is 0 Å². The van der Waals surface area contributed by atoms with Gasteiger partial charge in [0.05, 0.1) is 18.4 Å². The molecule has 2 heterocycles. The summed E-state index contributed by atoms with van der Waals surface area (Å²) in [5, 5.41) is 3.60. The van der Waals surface area contributed by atoms with Gasteiger partial charge in [0.2, 0.25) is 0 Å². The Balaban J connectivity index is 1.53. The fourth-order valence-electron chi connectivity index (χ4n) is 3.23. The summed E-state index contributed by atoms with van der Waals surface area (Å²) in [6, 6.07) is 4.56. The Labute approximate surface area is 103 Å². The first-order valence-corrected chi connectivity index (χ1v) is 6.76. The van der Waals surface area contributed by atoms with Crippen molar-refractivity contribution in [1.82, 2.24) is 5.32 Å². The summed E-state index contributed by atoms with van der Waals surface area (Å²) in [6.07, 6.45) is 9.23. The lowest BCUT2D eigenvalue weighted by Crippen LogP contribution is -2.45. The van der Waals surface area contributed by atoms with Crippen LogP contribution < -0.4 is 5.32 Å². The molecule has 0 amide bonds. The van der Waals surface area contributed by atoms with E-state index in [1.165, 1.54) is 32.1 Å². The molecule has 3 nitrogen and oxygen atoms in total. The van der Waals surface area contributed by atoms with Crippen LogP contribution in [0.5, 0.6) is 0 Å². The van der Waals surface area contributed by atoms with Gasteiger partial charge in [-0.15, -0.1) is 0 Å². The molecule has 94 valence electrons. The van der Waals surface area contributed by atoms with Gasteiger partial charge in [0.15, 0.2) is 0 Å². The molecule has 3 heteroatoms. The van der Waals surface area contributed by atoms with E-state index in [4.69, 9.17) is 9.15 Å². The van der Waals surface area contributed by atoms with Gasteiger partial charge in [-0.05, 0) is 37.8 Å². The number of hydrogen-bond donors (Lipinski definition) is 1. The van der Waals surface area contributed by atoms with Crippen LogP contribution in [-0.2, 0) is 11.3 Å². The molecule has 2 aliphatic rings. The summed E-state index contributed by atoms with van der Waals surface area (Å²) in [4.78, 5) is 0. The monoisotopic (exact) mass is 235 g/mol. The molecule has 0 bridgehead atoms. The van der Waals surface area contributed by atoms with Crippen LogP contribution in [0.3, 0.4) is 0 Å². The van der Waals surface area contributed by atoms with Gasteiger partial charge in [0.1, 0.15) is 5.76 Å². The summed E-state index contributed by atoms with van der Waals surface area (Å²) in [7, 11) is 0. The third kappa shape index (κ3) is 2.55. The second-order valence-corrected chi connectivity index (χ2v) is 5.39. The lowest BCUT2D eigenvalue weighted by molar-refractivity contribution is -0.0839. The van der Waals surface area contributed by atoms with Crippen LogP contribution in [0.1, 0.15) is 44.3 Å². The third-order valence-corrected chi connectivity index (χ3v) is 4.15. The Morgan fingerprint density at radius 3 is 3.00 bits per heavy atom. The molecule has 1 unspecified atom stereocenters.